The predicted molar refractivity (Wildman–Crippen MR) is 139 cm³/mol. The minimum absolute atomic E-state index is 0. The van der Waals surface area contributed by atoms with Crippen LogP contribution >= 0.6 is 24.0 Å². The van der Waals surface area contributed by atoms with E-state index in [1.807, 2.05) is 12.4 Å². The Morgan fingerprint density at radius 1 is 1.09 bits per heavy atom. The molecule has 0 bridgehead atoms. The zero-order valence-electron chi connectivity index (χ0n) is 19.3. The first kappa shape index (κ1) is 25.9. The maximum atomic E-state index is 5.46. The number of hydrogen-bond donors (Lipinski definition) is 2. The molecular formula is C24H35IN6O. The van der Waals surface area contributed by atoms with Gasteiger partial charge in [0.1, 0.15) is 11.6 Å². The number of hydrogen-bond acceptors (Lipinski definition) is 4. The molecule has 32 heavy (non-hydrogen) atoms. The first-order valence-corrected chi connectivity index (χ1v) is 11.3. The number of aliphatic imine (C=N–C) groups is 1. The van der Waals surface area contributed by atoms with Gasteiger partial charge in [0.25, 0.3) is 0 Å². The van der Waals surface area contributed by atoms with Crippen molar-refractivity contribution >= 4 is 29.9 Å². The summed E-state index contributed by atoms with van der Waals surface area (Å²) in [6.07, 6.45) is 7.72. The van der Waals surface area contributed by atoms with Crippen molar-refractivity contribution in [1.29, 1.82) is 0 Å². The molecule has 0 radical (unpaired) electrons. The zero-order valence-corrected chi connectivity index (χ0v) is 21.6. The second-order valence-corrected chi connectivity index (χ2v) is 7.41. The van der Waals surface area contributed by atoms with Gasteiger partial charge in [-0.25, -0.2) is 9.98 Å². The van der Waals surface area contributed by atoms with Crippen molar-refractivity contribution in [2.24, 2.45) is 4.99 Å². The fourth-order valence-electron chi connectivity index (χ4n) is 3.59. The van der Waals surface area contributed by atoms with Crippen molar-refractivity contribution < 1.29 is 4.52 Å². The first-order chi connectivity index (χ1) is 15.2. The third-order valence-electron chi connectivity index (χ3n) is 5.27. The molecule has 0 spiro atoms. The van der Waals surface area contributed by atoms with Gasteiger partial charge in [0, 0.05) is 37.5 Å². The Morgan fingerprint density at radius 3 is 2.62 bits per heavy atom. The van der Waals surface area contributed by atoms with Crippen LogP contribution in [-0.2, 0) is 38.9 Å². The van der Waals surface area contributed by atoms with Crippen molar-refractivity contribution in [3.8, 4) is 0 Å². The molecule has 3 rings (SSSR count). The van der Waals surface area contributed by atoms with Gasteiger partial charge in [-0.3, -0.25) is 0 Å². The summed E-state index contributed by atoms with van der Waals surface area (Å²) < 4.78 is 7.67. The number of nitrogens with one attached hydrogen (secondary N) is 2. The van der Waals surface area contributed by atoms with Gasteiger partial charge in [-0.15, -0.1) is 24.0 Å². The molecule has 174 valence electrons. The monoisotopic (exact) mass is 550 g/mol. The molecule has 2 heterocycles. The number of rotatable bonds is 11. The topological polar surface area (TPSA) is 80.3 Å². The lowest BCUT2D eigenvalue weighted by Crippen LogP contribution is -2.37. The highest BCUT2D eigenvalue weighted by Gasteiger charge is 2.13. The Balaban J connectivity index is 0.00000363. The number of halogens is 1. The van der Waals surface area contributed by atoms with Crippen LogP contribution in [-0.4, -0.2) is 27.2 Å². The van der Waals surface area contributed by atoms with Gasteiger partial charge < -0.3 is 19.7 Å². The Labute approximate surface area is 208 Å². The zero-order chi connectivity index (χ0) is 21.9. The average molecular weight is 550 g/mol. The SMILES string of the molecule is CCNC(=NCc1c(CC)noc1CC)NCc1nccn1CCCc1ccccc1.I. The van der Waals surface area contributed by atoms with E-state index in [0.29, 0.717) is 13.1 Å². The van der Waals surface area contributed by atoms with Crippen LogP contribution in [0.3, 0.4) is 0 Å². The number of nitrogens with zero attached hydrogens (tertiary/aromatic N) is 4. The summed E-state index contributed by atoms with van der Waals surface area (Å²) in [5.74, 6) is 2.70. The molecule has 0 aliphatic heterocycles. The minimum Gasteiger partial charge on any atom is -0.361 e. The van der Waals surface area contributed by atoms with Crippen molar-refractivity contribution in [3.63, 3.8) is 0 Å². The maximum Gasteiger partial charge on any atom is 0.191 e. The molecule has 0 aliphatic rings. The molecule has 0 amide bonds. The number of aryl methyl sites for hydroxylation is 4. The number of imidazole rings is 1. The molecule has 0 saturated carbocycles. The summed E-state index contributed by atoms with van der Waals surface area (Å²) in [6, 6.07) is 10.6. The molecule has 8 heteroatoms. The van der Waals surface area contributed by atoms with Crippen LogP contribution < -0.4 is 10.6 Å². The van der Waals surface area contributed by atoms with Gasteiger partial charge >= 0.3 is 0 Å². The molecule has 2 aromatic heterocycles. The Hall–Kier alpha value is -2.36. The fraction of sp³-hybridized carbons (Fsp3) is 0.458. The molecule has 0 saturated heterocycles. The lowest BCUT2D eigenvalue weighted by atomic mass is 10.1. The summed E-state index contributed by atoms with van der Waals surface area (Å²) in [5, 5.41) is 10.9. The van der Waals surface area contributed by atoms with Crippen LogP contribution in [0.4, 0.5) is 0 Å². The summed E-state index contributed by atoms with van der Waals surface area (Å²) in [6.45, 7) is 9.14. The molecular weight excluding hydrogens is 515 g/mol. The van der Waals surface area contributed by atoms with E-state index in [4.69, 9.17) is 9.52 Å². The van der Waals surface area contributed by atoms with E-state index < -0.39 is 0 Å². The molecule has 2 N–H and O–H groups in total. The van der Waals surface area contributed by atoms with Crippen LogP contribution in [0.2, 0.25) is 0 Å². The molecule has 1 aromatic carbocycles. The number of guanidine groups is 1. The van der Waals surface area contributed by atoms with E-state index in [1.165, 1.54) is 5.56 Å². The van der Waals surface area contributed by atoms with E-state index >= 15 is 0 Å². The van der Waals surface area contributed by atoms with Gasteiger partial charge in [0.05, 0.1) is 18.8 Å². The van der Waals surface area contributed by atoms with Gasteiger partial charge in [-0.05, 0) is 31.7 Å². The van der Waals surface area contributed by atoms with Gasteiger partial charge in [-0.1, -0.05) is 49.3 Å². The smallest absolute Gasteiger partial charge is 0.191 e. The van der Waals surface area contributed by atoms with Crippen LogP contribution in [0.25, 0.3) is 0 Å². The molecule has 0 unspecified atom stereocenters. The van der Waals surface area contributed by atoms with E-state index in [2.05, 4.69) is 76.4 Å². The maximum absolute atomic E-state index is 5.46. The van der Waals surface area contributed by atoms with Gasteiger partial charge in [0.2, 0.25) is 0 Å². The summed E-state index contributed by atoms with van der Waals surface area (Å²) in [7, 11) is 0. The van der Waals surface area contributed by atoms with Gasteiger partial charge in [-0.2, -0.15) is 0 Å². The highest BCUT2D eigenvalue weighted by Crippen LogP contribution is 2.16. The molecule has 0 aliphatic carbocycles. The number of aromatic nitrogens is 3. The fourth-order valence-corrected chi connectivity index (χ4v) is 3.59. The molecule has 0 atom stereocenters. The van der Waals surface area contributed by atoms with Crippen molar-refractivity contribution in [3.05, 3.63) is 71.1 Å². The average Bonchev–Trinajstić information content (AvgIpc) is 3.42. The lowest BCUT2D eigenvalue weighted by Gasteiger charge is -2.13. The normalized spacial score (nSPS) is 11.3. The minimum atomic E-state index is 0. The predicted octanol–water partition coefficient (Wildman–Crippen LogP) is 4.50. The standard InChI is InChI=1S/C24H34N6O.HI/c1-4-21-20(22(5-2)31-29-21)17-27-24(25-6-3)28-18-23-26-14-16-30(23)15-10-13-19-11-8-7-9-12-19;/h7-9,11-12,14,16H,4-6,10,13,15,17-18H2,1-3H3,(H2,25,27,28);1H. The molecule has 0 fully saturated rings. The van der Waals surface area contributed by atoms with Crippen LogP contribution in [0.1, 0.15) is 55.6 Å². The van der Waals surface area contributed by atoms with Crippen molar-refractivity contribution in [2.45, 2.75) is 66.1 Å². The first-order valence-electron chi connectivity index (χ1n) is 11.3. The third-order valence-corrected chi connectivity index (χ3v) is 5.27. The second kappa shape index (κ2) is 13.9. The van der Waals surface area contributed by atoms with E-state index in [1.54, 1.807) is 0 Å². The Morgan fingerprint density at radius 2 is 1.91 bits per heavy atom. The highest BCUT2D eigenvalue weighted by molar-refractivity contribution is 14.0. The lowest BCUT2D eigenvalue weighted by molar-refractivity contribution is 0.380. The number of benzene rings is 1. The molecule has 3 aromatic rings. The van der Waals surface area contributed by atoms with E-state index in [-0.39, 0.29) is 24.0 Å². The van der Waals surface area contributed by atoms with Crippen LogP contribution in [0.5, 0.6) is 0 Å². The summed E-state index contributed by atoms with van der Waals surface area (Å²) in [5.41, 5.74) is 3.46. The Kier molecular flexibility index (Phi) is 11.3. The van der Waals surface area contributed by atoms with Crippen LogP contribution in [0, 0.1) is 0 Å². The largest absolute Gasteiger partial charge is 0.361 e. The Bertz CT molecular complexity index is 929. The summed E-state index contributed by atoms with van der Waals surface area (Å²) in [4.78, 5) is 9.29. The van der Waals surface area contributed by atoms with Crippen molar-refractivity contribution in [1.82, 2.24) is 25.3 Å². The van der Waals surface area contributed by atoms with Crippen LogP contribution in [0.15, 0.2) is 52.2 Å². The third kappa shape index (κ3) is 7.36. The van der Waals surface area contributed by atoms with Crippen molar-refractivity contribution in [2.75, 3.05) is 6.54 Å². The quantitative estimate of drug-likeness (QED) is 0.209. The van der Waals surface area contributed by atoms with Gasteiger partial charge in [0.15, 0.2) is 5.96 Å². The summed E-state index contributed by atoms with van der Waals surface area (Å²) >= 11 is 0. The molecule has 7 nitrogen and oxygen atoms in total. The van der Waals surface area contributed by atoms with E-state index in [0.717, 1.165) is 67.6 Å². The second-order valence-electron chi connectivity index (χ2n) is 7.41. The van der Waals surface area contributed by atoms with E-state index in [9.17, 15) is 0 Å². The highest BCUT2D eigenvalue weighted by atomic mass is 127.